The first-order valence-electron chi connectivity index (χ1n) is 6.14. The van der Waals surface area contributed by atoms with E-state index in [0.717, 1.165) is 25.9 Å². The average Bonchev–Trinajstić information content (AvgIpc) is 2.46. The highest BCUT2D eigenvalue weighted by molar-refractivity contribution is 9.11. The minimum atomic E-state index is 0.601. The van der Waals surface area contributed by atoms with Crippen LogP contribution in [0.2, 0.25) is 5.02 Å². The Balaban J connectivity index is 2.14. The third-order valence-corrected chi connectivity index (χ3v) is 4.51. The summed E-state index contributed by atoms with van der Waals surface area (Å²) >= 11 is 13.1. The maximum Gasteiger partial charge on any atom is 0.137 e. The minimum Gasteiger partial charge on any atom is -0.495 e. The van der Waals surface area contributed by atoms with Gasteiger partial charge in [0.05, 0.1) is 29.4 Å². The number of halogens is 3. The van der Waals surface area contributed by atoms with Crippen molar-refractivity contribution in [3.8, 4) is 11.5 Å². The van der Waals surface area contributed by atoms with Crippen LogP contribution in [-0.4, -0.2) is 14.2 Å². The molecule has 0 unspecified atom stereocenters. The maximum atomic E-state index is 6.12. The van der Waals surface area contributed by atoms with Crippen molar-refractivity contribution in [3.05, 3.63) is 49.9 Å². The normalized spacial score (nSPS) is 10.3. The van der Waals surface area contributed by atoms with Crippen LogP contribution >= 0.6 is 43.5 Å². The summed E-state index contributed by atoms with van der Waals surface area (Å²) in [5, 5.41) is 3.95. The molecule has 2 aromatic rings. The zero-order valence-corrected chi connectivity index (χ0v) is 15.5. The summed E-state index contributed by atoms with van der Waals surface area (Å²) in [6, 6.07) is 9.59. The van der Waals surface area contributed by atoms with Crippen LogP contribution < -0.4 is 14.8 Å². The van der Waals surface area contributed by atoms with Crippen molar-refractivity contribution in [1.29, 1.82) is 0 Å². The van der Waals surface area contributed by atoms with Gasteiger partial charge in [-0.05, 0) is 55.6 Å². The van der Waals surface area contributed by atoms with Crippen LogP contribution in [0.4, 0.5) is 5.69 Å². The van der Waals surface area contributed by atoms with Gasteiger partial charge in [0.2, 0.25) is 0 Å². The van der Waals surface area contributed by atoms with Gasteiger partial charge in [-0.2, -0.15) is 0 Å². The molecule has 21 heavy (non-hydrogen) atoms. The Hall–Kier alpha value is -0.910. The van der Waals surface area contributed by atoms with Crippen molar-refractivity contribution >= 4 is 49.1 Å². The lowest BCUT2D eigenvalue weighted by Crippen LogP contribution is -2.01. The van der Waals surface area contributed by atoms with Gasteiger partial charge in [-0.3, -0.25) is 0 Å². The first-order chi connectivity index (χ1) is 10.0. The van der Waals surface area contributed by atoms with E-state index in [2.05, 4.69) is 37.2 Å². The highest BCUT2D eigenvalue weighted by atomic mass is 79.9. The predicted octanol–water partition coefficient (Wildman–Crippen LogP) is 5.49. The molecular weight excluding hydrogens is 421 g/mol. The van der Waals surface area contributed by atoms with E-state index in [4.69, 9.17) is 21.1 Å². The van der Waals surface area contributed by atoms with E-state index in [1.54, 1.807) is 14.2 Å². The van der Waals surface area contributed by atoms with Crippen LogP contribution in [-0.2, 0) is 6.54 Å². The molecule has 0 bridgehead atoms. The lowest BCUT2D eigenvalue weighted by atomic mass is 10.2. The zero-order valence-electron chi connectivity index (χ0n) is 11.5. The molecule has 6 heteroatoms. The highest BCUT2D eigenvalue weighted by Gasteiger charge is 2.08. The van der Waals surface area contributed by atoms with Gasteiger partial charge in [0.1, 0.15) is 11.5 Å². The molecule has 0 heterocycles. The van der Waals surface area contributed by atoms with Gasteiger partial charge in [0, 0.05) is 17.1 Å². The Morgan fingerprint density at radius 1 is 1.00 bits per heavy atom. The van der Waals surface area contributed by atoms with Crippen LogP contribution in [0, 0.1) is 0 Å². The van der Waals surface area contributed by atoms with Gasteiger partial charge in [-0.15, -0.1) is 0 Å². The van der Waals surface area contributed by atoms with Crippen molar-refractivity contribution in [2.45, 2.75) is 6.54 Å². The van der Waals surface area contributed by atoms with E-state index in [1.807, 2.05) is 30.3 Å². The van der Waals surface area contributed by atoms with E-state index in [1.165, 1.54) is 0 Å². The van der Waals surface area contributed by atoms with Crippen LogP contribution in [0.15, 0.2) is 39.3 Å². The van der Waals surface area contributed by atoms with E-state index < -0.39 is 0 Å². The van der Waals surface area contributed by atoms with Crippen LogP contribution in [0.1, 0.15) is 5.56 Å². The molecule has 0 saturated heterocycles. The molecule has 2 aromatic carbocycles. The zero-order chi connectivity index (χ0) is 15.4. The second-order valence-electron chi connectivity index (χ2n) is 4.29. The van der Waals surface area contributed by atoms with E-state index >= 15 is 0 Å². The fourth-order valence-corrected chi connectivity index (χ4v) is 3.41. The number of hydrogen-bond donors (Lipinski definition) is 1. The molecule has 0 atom stereocenters. The fourth-order valence-electron chi connectivity index (χ4n) is 1.84. The monoisotopic (exact) mass is 433 g/mol. The molecule has 3 nitrogen and oxygen atoms in total. The molecule has 0 fully saturated rings. The Morgan fingerprint density at radius 2 is 1.71 bits per heavy atom. The van der Waals surface area contributed by atoms with E-state index in [-0.39, 0.29) is 0 Å². The summed E-state index contributed by atoms with van der Waals surface area (Å²) in [6.07, 6.45) is 0. The summed E-state index contributed by atoms with van der Waals surface area (Å²) in [7, 11) is 3.24. The molecule has 112 valence electrons. The Labute approximate surface area is 145 Å². The van der Waals surface area contributed by atoms with Gasteiger partial charge in [0.25, 0.3) is 0 Å². The number of hydrogen-bond acceptors (Lipinski definition) is 3. The van der Waals surface area contributed by atoms with Crippen LogP contribution in [0.25, 0.3) is 0 Å². The maximum absolute atomic E-state index is 6.12. The second kappa shape index (κ2) is 7.38. The van der Waals surface area contributed by atoms with Gasteiger partial charge in [0.15, 0.2) is 0 Å². The number of ether oxygens (including phenoxy) is 2. The van der Waals surface area contributed by atoms with Gasteiger partial charge >= 0.3 is 0 Å². The highest BCUT2D eigenvalue weighted by Crippen LogP contribution is 2.35. The smallest absolute Gasteiger partial charge is 0.137 e. The Morgan fingerprint density at radius 3 is 2.33 bits per heavy atom. The first-order valence-corrected chi connectivity index (χ1v) is 8.11. The number of anilines is 1. The third kappa shape index (κ3) is 4.05. The quantitative estimate of drug-likeness (QED) is 0.673. The molecule has 0 saturated carbocycles. The standard InChI is InChI=1S/C15H14Br2ClNO2/c1-20-14-4-3-9(5-12(14)18)8-19-13-7-15(21-2)11(17)6-10(13)16/h3-7,19H,8H2,1-2H3. The predicted molar refractivity (Wildman–Crippen MR) is 93.7 cm³/mol. The fraction of sp³-hybridized carbons (Fsp3) is 0.200. The molecule has 0 aliphatic carbocycles. The number of benzene rings is 2. The van der Waals surface area contributed by atoms with Gasteiger partial charge in [-0.1, -0.05) is 17.7 Å². The van der Waals surface area contributed by atoms with Gasteiger partial charge < -0.3 is 14.8 Å². The van der Waals surface area contributed by atoms with E-state index in [0.29, 0.717) is 17.3 Å². The molecule has 0 aliphatic rings. The Kier molecular flexibility index (Phi) is 5.79. The Bertz CT molecular complexity index is 650. The van der Waals surface area contributed by atoms with Crippen molar-refractivity contribution < 1.29 is 9.47 Å². The lowest BCUT2D eigenvalue weighted by Gasteiger charge is -2.12. The summed E-state index contributed by atoms with van der Waals surface area (Å²) < 4.78 is 12.3. The van der Waals surface area contributed by atoms with Crippen LogP contribution in [0.3, 0.4) is 0 Å². The summed E-state index contributed by atoms with van der Waals surface area (Å²) in [6.45, 7) is 0.646. The summed E-state index contributed by atoms with van der Waals surface area (Å²) in [5.74, 6) is 1.44. The summed E-state index contributed by atoms with van der Waals surface area (Å²) in [4.78, 5) is 0. The molecule has 0 aromatic heterocycles. The molecular formula is C15H14Br2ClNO2. The van der Waals surface area contributed by atoms with Crippen molar-refractivity contribution in [2.75, 3.05) is 19.5 Å². The number of methoxy groups -OCH3 is 2. The largest absolute Gasteiger partial charge is 0.495 e. The summed E-state index contributed by atoms with van der Waals surface area (Å²) in [5.41, 5.74) is 2.01. The molecule has 0 aliphatic heterocycles. The third-order valence-electron chi connectivity index (χ3n) is 2.94. The molecule has 2 rings (SSSR count). The van der Waals surface area contributed by atoms with Crippen molar-refractivity contribution in [1.82, 2.24) is 0 Å². The second-order valence-corrected chi connectivity index (χ2v) is 6.40. The average molecular weight is 436 g/mol. The van der Waals surface area contributed by atoms with Crippen LogP contribution in [0.5, 0.6) is 11.5 Å². The minimum absolute atomic E-state index is 0.601. The molecule has 1 N–H and O–H groups in total. The van der Waals surface area contributed by atoms with Crippen molar-refractivity contribution in [3.63, 3.8) is 0 Å². The first kappa shape index (κ1) is 16.5. The van der Waals surface area contributed by atoms with Crippen molar-refractivity contribution in [2.24, 2.45) is 0 Å². The van der Waals surface area contributed by atoms with Gasteiger partial charge in [-0.25, -0.2) is 0 Å². The molecule has 0 amide bonds. The number of rotatable bonds is 5. The molecule has 0 spiro atoms. The number of nitrogens with one attached hydrogen (secondary N) is 1. The van der Waals surface area contributed by atoms with E-state index in [9.17, 15) is 0 Å². The lowest BCUT2D eigenvalue weighted by molar-refractivity contribution is 0.412. The SMILES string of the molecule is COc1ccc(CNc2cc(OC)c(Br)cc2Br)cc1Cl. The molecule has 0 radical (unpaired) electrons. The topological polar surface area (TPSA) is 30.5 Å².